The Labute approximate surface area is 54.3 Å². The van der Waals surface area contributed by atoms with Crippen molar-refractivity contribution in [2.24, 2.45) is 10.9 Å². The first-order valence-corrected chi connectivity index (χ1v) is 2.96. The lowest BCUT2D eigenvalue weighted by Gasteiger charge is -2.06. The van der Waals surface area contributed by atoms with Gasteiger partial charge in [-0.2, -0.15) is 0 Å². The van der Waals surface area contributed by atoms with Crippen LogP contribution in [0.25, 0.3) is 0 Å². The highest BCUT2D eigenvalue weighted by Gasteiger charge is 2.14. The van der Waals surface area contributed by atoms with Gasteiger partial charge in [0.15, 0.2) is 5.78 Å². The molecule has 0 aromatic carbocycles. The summed E-state index contributed by atoms with van der Waals surface area (Å²) in [4.78, 5) is 14.8. The fraction of sp³-hybridized carbons (Fsp3) is 0.429. The van der Waals surface area contributed by atoms with Gasteiger partial charge in [0.05, 0.1) is 5.92 Å². The first kappa shape index (κ1) is 6.20. The van der Waals surface area contributed by atoms with E-state index in [1.807, 2.05) is 6.92 Å². The fourth-order valence-corrected chi connectivity index (χ4v) is 0.774. The van der Waals surface area contributed by atoms with Crippen LogP contribution >= 0.6 is 0 Å². The van der Waals surface area contributed by atoms with E-state index in [0.29, 0.717) is 0 Å². The number of carbonyl (C=O) groups is 1. The van der Waals surface area contributed by atoms with Gasteiger partial charge < -0.3 is 0 Å². The maximum atomic E-state index is 11.0. The summed E-state index contributed by atoms with van der Waals surface area (Å²) < 4.78 is 0. The van der Waals surface area contributed by atoms with Crippen LogP contribution in [-0.2, 0) is 4.79 Å². The molecule has 0 saturated carbocycles. The molecule has 0 aromatic rings. The molecule has 1 heterocycles. The van der Waals surface area contributed by atoms with Crippen molar-refractivity contribution in [1.29, 1.82) is 0 Å². The Hall–Kier alpha value is -0.920. The Morgan fingerprint density at radius 1 is 1.67 bits per heavy atom. The number of aliphatic imine (C=N–C) groups is 1. The summed E-state index contributed by atoms with van der Waals surface area (Å²) in [5.41, 5.74) is 0.755. The molecular weight excluding hydrogens is 114 g/mol. The van der Waals surface area contributed by atoms with Gasteiger partial charge in [0, 0.05) is 18.0 Å². The van der Waals surface area contributed by atoms with Crippen LogP contribution in [0.15, 0.2) is 16.8 Å². The highest BCUT2D eigenvalue weighted by molar-refractivity contribution is 6.06. The second kappa shape index (κ2) is 2.13. The molecule has 1 rings (SSSR count). The van der Waals surface area contributed by atoms with Crippen LogP contribution in [0.4, 0.5) is 0 Å². The molecule has 0 bridgehead atoms. The standard InChI is InChI=1S/C7H9NO/c1-5-3-8-4-6(2)7(5)9/h3-5H,1-2H3. The average molecular weight is 123 g/mol. The first-order valence-electron chi connectivity index (χ1n) is 2.96. The van der Waals surface area contributed by atoms with Gasteiger partial charge in [0.25, 0.3) is 0 Å². The monoisotopic (exact) mass is 123 g/mol. The molecule has 1 atom stereocenters. The van der Waals surface area contributed by atoms with E-state index in [-0.39, 0.29) is 11.7 Å². The summed E-state index contributed by atoms with van der Waals surface area (Å²) in [7, 11) is 0. The Bertz CT molecular complexity index is 191. The van der Waals surface area contributed by atoms with Crippen LogP contribution in [-0.4, -0.2) is 12.0 Å². The van der Waals surface area contributed by atoms with Crippen molar-refractivity contribution in [1.82, 2.24) is 0 Å². The molecule has 0 spiro atoms. The summed E-state index contributed by atoms with van der Waals surface area (Å²) in [5, 5.41) is 0. The van der Waals surface area contributed by atoms with Crippen LogP contribution < -0.4 is 0 Å². The lowest BCUT2D eigenvalue weighted by atomic mass is 10.0. The maximum Gasteiger partial charge on any atom is 0.168 e. The number of hydrogen-bond acceptors (Lipinski definition) is 2. The van der Waals surface area contributed by atoms with E-state index in [4.69, 9.17) is 0 Å². The molecule has 0 radical (unpaired) electrons. The smallest absolute Gasteiger partial charge is 0.168 e. The predicted octanol–water partition coefficient (Wildman–Crippen LogP) is 1.18. The van der Waals surface area contributed by atoms with E-state index in [0.717, 1.165) is 5.57 Å². The van der Waals surface area contributed by atoms with Crippen LogP contribution in [0.3, 0.4) is 0 Å². The Morgan fingerprint density at radius 3 is 2.78 bits per heavy atom. The number of carbonyl (C=O) groups excluding carboxylic acids is 1. The summed E-state index contributed by atoms with van der Waals surface area (Å²) in [6.45, 7) is 3.64. The van der Waals surface area contributed by atoms with Crippen LogP contribution in [0.2, 0.25) is 0 Å². The Morgan fingerprint density at radius 2 is 2.33 bits per heavy atom. The number of allylic oxidation sites excluding steroid dienone is 1. The zero-order chi connectivity index (χ0) is 6.85. The second-order valence-corrected chi connectivity index (χ2v) is 2.26. The normalized spacial score (nSPS) is 26.2. The summed E-state index contributed by atoms with van der Waals surface area (Å²) in [5.74, 6) is 0.167. The van der Waals surface area contributed by atoms with Crippen molar-refractivity contribution in [3.63, 3.8) is 0 Å². The topological polar surface area (TPSA) is 29.4 Å². The van der Waals surface area contributed by atoms with Gasteiger partial charge in [-0.3, -0.25) is 9.79 Å². The molecule has 0 aromatic heterocycles. The van der Waals surface area contributed by atoms with E-state index in [9.17, 15) is 4.79 Å². The van der Waals surface area contributed by atoms with Gasteiger partial charge in [-0.1, -0.05) is 6.92 Å². The van der Waals surface area contributed by atoms with Crippen molar-refractivity contribution in [3.8, 4) is 0 Å². The van der Waals surface area contributed by atoms with Crippen LogP contribution in [0.1, 0.15) is 13.8 Å². The SMILES string of the molecule is CC1=CN=CC(C)C1=O. The van der Waals surface area contributed by atoms with Gasteiger partial charge in [-0.05, 0) is 6.92 Å². The molecule has 0 amide bonds. The Kier molecular flexibility index (Phi) is 1.47. The minimum Gasteiger partial charge on any atom is -0.294 e. The van der Waals surface area contributed by atoms with E-state index < -0.39 is 0 Å². The lowest BCUT2D eigenvalue weighted by Crippen LogP contribution is -2.15. The van der Waals surface area contributed by atoms with Gasteiger partial charge in [-0.25, -0.2) is 0 Å². The van der Waals surface area contributed by atoms with Crippen molar-refractivity contribution in [2.45, 2.75) is 13.8 Å². The van der Waals surface area contributed by atoms with Crippen LogP contribution in [0.5, 0.6) is 0 Å². The van der Waals surface area contributed by atoms with E-state index >= 15 is 0 Å². The third-order valence-electron chi connectivity index (χ3n) is 1.38. The average Bonchev–Trinajstić information content (AvgIpc) is 1.83. The molecule has 1 aliphatic rings. The molecular formula is C7H9NO. The molecule has 0 saturated heterocycles. The quantitative estimate of drug-likeness (QED) is 0.475. The van der Waals surface area contributed by atoms with E-state index in [1.165, 1.54) is 0 Å². The van der Waals surface area contributed by atoms with Gasteiger partial charge in [-0.15, -0.1) is 0 Å². The number of nitrogens with zero attached hydrogens (tertiary/aromatic N) is 1. The number of ketones is 1. The van der Waals surface area contributed by atoms with Gasteiger partial charge in [0.1, 0.15) is 0 Å². The van der Waals surface area contributed by atoms with E-state index in [1.54, 1.807) is 19.3 Å². The van der Waals surface area contributed by atoms with Gasteiger partial charge >= 0.3 is 0 Å². The zero-order valence-electron chi connectivity index (χ0n) is 5.59. The lowest BCUT2D eigenvalue weighted by molar-refractivity contribution is -0.116. The molecule has 48 valence electrons. The second-order valence-electron chi connectivity index (χ2n) is 2.26. The number of rotatable bonds is 0. The molecule has 2 nitrogen and oxygen atoms in total. The van der Waals surface area contributed by atoms with Crippen molar-refractivity contribution in [2.75, 3.05) is 0 Å². The summed E-state index contributed by atoms with van der Waals surface area (Å²) in [6.07, 6.45) is 3.26. The van der Waals surface area contributed by atoms with Gasteiger partial charge in [0.2, 0.25) is 0 Å². The van der Waals surface area contributed by atoms with Crippen molar-refractivity contribution < 1.29 is 4.79 Å². The minimum atomic E-state index is -0.0185. The third-order valence-corrected chi connectivity index (χ3v) is 1.38. The van der Waals surface area contributed by atoms with Crippen molar-refractivity contribution >= 4 is 12.0 Å². The zero-order valence-corrected chi connectivity index (χ0v) is 5.59. The highest BCUT2D eigenvalue weighted by Crippen LogP contribution is 2.08. The largest absolute Gasteiger partial charge is 0.294 e. The molecule has 0 N–H and O–H groups in total. The molecule has 0 aliphatic carbocycles. The maximum absolute atomic E-state index is 11.0. The minimum absolute atomic E-state index is 0.0185. The summed E-state index contributed by atoms with van der Waals surface area (Å²) in [6, 6.07) is 0. The fourth-order valence-electron chi connectivity index (χ4n) is 0.774. The number of Topliss-reactive ketones (excluding diaryl/α,β-unsaturated/α-hetero) is 1. The number of hydrogen-bond donors (Lipinski definition) is 0. The Balaban J connectivity index is 2.86. The highest BCUT2D eigenvalue weighted by atomic mass is 16.1. The van der Waals surface area contributed by atoms with Crippen LogP contribution in [0, 0.1) is 5.92 Å². The summed E-state index contributed by atoms with van der Waals surface area (Å²) >= 11 is 0. The predicted molar refractivity (Wildman–Crippen MR) is 36.4 cm³/mol. The van der Waals surface area contributed by atoms with E-state index in [2.05, 4.69) is 4.99 Å². The molecule has 1 aliphatic heterocycles. The van der Waals surface area contributed by atoms with Crippen molar-refractivity contribution in [3.05, 3.63) is 11.8 Å². The molecule has 1 unspecified atom stereocenters. The first-order chi connectivity index (χ1) is 4.22. The molecule has 0 fully saturated rings. The molecule has 2 heteroatoms. The third kappa shape index (κ3) is 1.07. The molecule has 9 heavy (non-hydrogen) atoms.